The summed E-state index contributed by atoms with van der Waals surface area (Å²) in [5, 5.41) is 0.696. The smallest absolute Gasteiger partial charge is 0.338 e. The van der Waals surface area contributed by atoms with Gasteiger partial charge in [-0.25, -0.2) is 4.79 Å². The monoisotopic (exact) mass is 304 g/mol. The fraction of sp³-hybridized carbons (Fsp3) is 0.133. The van der Waals surface area contributed by atoms with E-state index in [1.165, 1.54) is 7.11 Å². The number of hydrogen-bond donors (Lipinski definition) is 0. The minimum atomic E-state index is -0.309. The van der Waals surface area contributed by atoms with E-state index >= 15 is 0 Å². The first-order valence-electron chi connectivity index (χ1n) is 5.59. The highest BCUT2D eigenvalue weighted by Gasteiger charge is 2.15. The molecule has 0 heterocycles. The Balaban J connectivity index is 2.66. The Bertz CT molecular complexity index is 550. The number of carbonyl (C=O) groups is 1. The first-order valence-corrected chi connectivity index (χ1v) is 6.71. The molecule has 0 aliphatic rings. The van der Waals surface area contributed by atoms with E-state index < -0.39 is 0 Å². The Labute approximate surface area is 115 Å². The molecule has 2 nitrogen and oxygen atoms in total. The predicted octanol–water partition coefficient (Wildman–Crippen LogP) is 4.04. The fourth-order valence-corrected chi connectivity index (χ4v) is 2.40. The maximum Gasteiger partial charge on any atom is 0.338 e. The van der Waals surface area contributed by atoms with Crippen molar-refractivity contribution in [2.24, 2.45) is 0 Å². The first kappa shape index (κ1) is 12.8. The highest BCUT2D eigenvalue weighted by atomic mass is 79.9. The molecule has 0 spiro atoms. The highest BCUT2D eigenvalue weighted by Crippen LogP contribution is 2.29. The molecule has 0 aliphatic heterocycles. The molecule has 0 saturated heterocycles. The third-order valence-corrected chi connectivity index (χ3v) is 3.37. The van der Waals surface area contributed by atoms with Crippen LogP contribution in [0.15, 0.2) is 48.5 Å². The number of esters is 1. The molecule has 0 radical (unpaired) electrons. The molecule has 0 saturated carbocycles. The lowest BCUT2D eigenvalue weighted by molar-refractivity contribution is 0.0601. The summed E-state index contributed by atoms with van der Waals surface area (Å²) in [5.41, 5.74) is 3.62. The van der Waals surface area contributed by atoms with E-state index in [0.29, 0.717) is 10.9 Å². The van der Waals surface area contributed by atoms with Crippen molar-refractivity contribution >= 4 is 21.9 Å². The van der Waals surface area contributed by atoms with Crippen LogP contribution in [-0.4, -0.2) is 13.1 Å². The predicted molar refractivity (Wildman–Crippen MR) is 75.8 cm³/mol. The molecule has 0 N–H and O–H groups in total. The van der Waals surface area contributed by atoms with Gasteiger partial charge in [0.2, 0.25) is 0 Å². The van der Waals surface area contributed by atoms with Crippen molar-refractivity contribution in [1.29, 1.82) is 0 Å². The van der Waals surface area contributed by atoms with Gasteiger partial charge < -0.3 is 4.74 Å². The Hall–Kier alpha value is -1.61. The van der Waals surface area contributed by atoms with Crippen molar-refractivity contribution in [3.8, 4) is 11.1 Å². The maximum absolute atomic E-state index is 11.8. The molecule has 0 unspecified atom stereocenters. The normalized spacial score (nSPS) is 10.1. The quantitative estimate of drug-likeness (QED) is 0.632. The van der Waals surface area contributed by atoms with Crippen LogP contribution in [0.3, 0.4) is 0 Å². The van der Waals surface area contributed by atoms with Crippen LogP contribution < -0.4 is 0 Å². The lowest BCUT2D eigenvalue weighted by Crippen LogP contribution is -2.05. The highest BCUT2D eigenvalue weighted by molar-refractivity contribution is 9.08. The molecule has 0 bridgehead atoms. The average Bonchev–Trinajstić information content (AvgIpc) is 2.46. The molecule has 92 valence electrons. The zero-order chi connectivity index (χ0) is 13.0. The third kappa shape index (κ3) is 2.46. The topological polar surface area (TPSA) is 26.3 Å². The molecule has 0 atom stereocenters. The van der Waals surface area contributed by atoms with Gasteiger partial charge in [-0.3, -0.25) is 0 Å². The Morgan fingerprint density at radius 2 is 1.83 bits per heavy atom. The number of halogens is 1. The third-order valence-electron chi connectivity index (χ3n) is 2.76. The van der Waals surface area contributed by atoms with Crippen LogP contribution in [0.1, 0.15) is 15.9 Å². The Morgan fingerprint density at radius 3 is 2.44 bits per heavy atom. The van der Waals surface area contributed by atoms with E-state index in [1.807, 2.05) is 42.5 Å². The summed E-state index contributed by atoms with van der Waals surface area (Å²) in [4.78, 5) is 11.8. The summed E-state index contributed by atoms with van der Waals surface area (Å²) in [6, 6.07) is 15.5. The molecule has 2 rings (SSSR count). The largest absolute Gasteiger partial charge is 0.465 e. The van der Waals surface area contributed by atoms with Crippen LogP contribution in [0.4, 0.5) is 0 Å². The van der Waals surface area contributed by atoms with Crippen LogP contribution in [0.25, 0.3) is 11.1 Å². The second-order valence-corrected chi connectivity index (χ2v) is 4.39. The zero-order valence-electron chi connectivity index (χ0n) is 10.0. The second kappa shape index (κ2) is 5.83. The van der Waals surface area contributed by atoms with Crippen LogP contribution in [0.2, 0.25) is 0 Å². The maximum atomic E-state index is 11.8. The summed E-state index contributed by atoms with van der Waals surface area (Å²) in [6.45, 7) is 0. The van der Waals surface area contributed by atoms with Crippen molar-refractivity contribution in [2.45, 2.75) is 5.33 Å². The minimum absolute atomic E-state index is 0.309. The van der Waals surface area contributed by atoms with Crippen molar-refractivity contribution in [3.05, 3.63) is 59.7 Å². The molecule has 18 heavy (non-hydrogen) atoms. The van der Waals surface area contributed by atoms with Gasteiger partial charge in [-0.2, -0.15) is 0 Å². The van der Waals surface area contributed by atoms with Crippen LogP contribution in [-0.2, 0) is 10.1 Å². The molecule has 2 aromatic carbocycles. The van der Waals surface area contributed by atoms with Gasteiger partial charge in [0.05, 0.1) is 12.7 Å². The van der Waals surface area contributed by atoms with E-state index in [-0.39, 0.29) is 5.97 Å². The van der Waals surface area contributed by atoms with Gasteiger partial charge in [0, 0.05) is 10.9 Å². The summed E-state index contributed by atoms with van der Waals surface area (Å²) >= 11 is 3.46. The summed E-state index contributed by atoms with van der Waals surface area (Å²) in [5.74, 6) is -0.309. The standard InChI is InChI=1S/C15H13BrO2/c1-18-15(17)13-9-5-8-12(10-16)14(13)11-6-3-2-4-7-11/h2-9H,10H2,1H3. The van der Waals surface area contributed by atoms with E-state index in [9.17, 15) is 4.79 Å². The van der Waals surface area contributed by atoms with Gasteiger partial charge in [0.1, 0.15) is 0 Å². The first-order chi connectivity index (χ1) is 8.77. The molecule has 0 amide bonds. The van der Waals surface area contributed by atoms with E-state index in [2.05, 4.69) is 15.9 Å². The van der Waals surface area contributed by atoms with Crippen molar-refractivity contribution in [3.63, 3.8) is 0 Å². The molecule has 3 heteroatoms. The van der Waals surface area contributed by atoms with Gasteiger partial charge in [-0.05, 0) is 17.2 Å². The van der Waals surface area contributed by atoms with E-state index in [4.69, 9.17) is 4.74 Å². The van der Waals surface area contributed by atoms with Crippen LogP contribution in [0, 0.1) is 0 Å². The van der Waals surface area contributed by atoms with Crippen LogP contribution in [0.5, 0.6) is 0 Å². The average molecular weight is 305 g/mol. The summed E-state index contributed by atoms with van der Waals surface area (Å²) in [6.07, 6.45) is 0. The Kier molecular flexibility index (Phi) is 4.15. The van der Waals surface area contributed by atoms with Crippen LogP contribution >= 0.6 is 15.9 Å². The molecule has 0 fully saturated rings. The number of carbonyl (C=O) groups excluding carboxylic acids is 1. The summed E-state index contributed by atoms with van der Waals surface area (Å²) in [7, 11) is 1.40. The SMILES string of the molecule is COC(=O)c1cccc(CBr)c1-c1ccccc1. The lowest BCUT2D eigenvalue weighted by atomic mass is 9.95. The molecule has 0 aliphatic carbocycles. The van der Waals surface area contributed by atoms with Crippen molar-refractivity contribution in [2.75, 3.05) is 7.11 Å². The second-order valence-electron chi connectivity index (χ2n) is 3.83. The molecule has 2 aromatic rings. The number of hydrogen-bond acceptors (Lipinski definition) is 2. The zero-order valence-corrected chi connectivity index (χ0v) is 11.6. The van der Waals surface area contributed by atoms with Gasteiger partial charge in [0.15, 0.2) is 0 Å². The van der Waals surface area contributed by atoms with Gasteiger partial charge in [0.25, 0.3) is 0 Å². The molecular formula is C15H13BrO2. The van der Waals surface area contributed by atoms with E-state index in [1.54, 1.807) is 6.07 Å². The number of alkyl halides is 1. The molecular weight excluding hydrogens is 292 g/mol. The van der Waals surface area contributed by atoms with Gasteiger partial charge in [-0.1, -0.05) is 58.4 Å². The summed E-state index contributed by atoms with van der Waals surface area (Å²) < 4.78 is 4.84. The fourth-order valence-electron chi connectivity index (χ4n) is 1.94. The van der Waals surface area contributed by atoms with Crippen molar-refractivity contribution in [1.82, 2.24) is 0 Å². The Morgan fingerprint density at radius 1 is 1.11 bits per heavy atom. The number of rotatable bonds is 3. The number of benzene rings is 2. The van der Waals surface area contributed by atoms with Gasteiger partial charge in [-0.15, -0.1) is 0 Å². The van der Waals surface area contributed by atoms with Gasteiger partial charge >= 0.3 is 5.97 Å². The minimum Gasteiger partial charge on any atom is -0.465 e. The molecule has 0 aromatic heterocycles. The number of ether oxygens (including phenoxy) is 1. The van der Waals surface area contributed by atoms with Crippen molar-refractivity contribution < 1.29 is 9.53 Å². The number of methoxy groups -OCH3 is 1. The van der Waals surface area contributed by atoms with E-state index in [0.717, 1.165) is 16.7 Å². The lowest BCUT2D eigenvalue weighted by Gasteiger charge is -2.12.